The van der Waals surface area contributed by atoms with Crippen molar-refractivity contribution in [3.05, 3.63) is 59.2 Å². The minimum Gasteiger partial charge on any atom is -0.496 e. The van der Waals surface area contributed by atoms with Gasteiger partial charge < -0.3 is 9.64 Å². The molecule has 0 aliphatic carbocycles. The van der Waals surface area contributed by atoms with E-state index in [2.05, 4.69) is 9.71 Å². The predicted octanol–water partition coefficient (Wildman–Crippen LogP) is 2.09. The van der Waals surface area contributed by atoms with Crippen molar-refractivity contribution in [3.63, 3.8) is 0 Å². The van der Waals surface area contributed by atoms with Crippen LogP contribution < -0.4 is 9.46 Å². The molecule has 1 N–H and O–H groups in total. The fourth-order valence-electron chi connectivity index (χ4n) is 3.16. The highest BCUT2D eigenvalue weighted by atomic mass is 32.2. The highest BCUT2D eigenvalue weighted by Crippen LogP contribution is 2.24. The number of amides is 1. The molecule has 1 aliphatic rings. The summed E-state index contributed by atoms with van der Waals surface area (Å²) in [5.41, 5.74) is 2.44. The molecule has 0 radical (unpaired) electrons. The van der Waals surface area contributed by atoms with E-state index in [0.29, 0.717) is 17.9 Å². The molecular weight excluding hydrogens is 378 g/mol. The Morgan fingerprint density at radius 3 is 2.68 bits per heavy atom. The number of nitrogens with one attached hydrogen (secondary N) is 1. The van der Waals surface area contributed by atoms with Crippen LogP contribution in [0.2, 0.25) is 0 Å². The smallest absolute Gasteiger partial charge is 0.263 e. The molecule has 28 heavy (non-hydrogen) atoms. The van der Waals surface area contributed by atoms with Gasteiger partial charge in [-0.3, -0.25) is 14.5 Å². The van der Waals surface area contributed by atoms with Crippen LogP contribution in [0.15, 0.2) is 52.4 Å². The zero-order valence-corrected chi connectivity index (χ0v) is 17.1. The van der Waals surface area contributed by atoms with Crippen LogP contribution in [0.5, 0.6) is 5.75 Å². The Bertz CT molecular complexity index is 1050. The van der Waals surface area contributed by atoms with Gasteiger partial charge in [-0.05, 0) is 32.0 Å². The molecule has 7 nitrogen and oxygen atoms in total. The lowest BCUT2D eigenvalue weighted by atomic mass is 10.1. The number of hydrogen-bond donors (Lipinski definition) is 1. The second kappa shape index (κ2) is 7.63. The third-order valence-corrected chi connectivity index (χ3v) is 5.96. The van der Waals surface area contributed by atoms with Gasteiger partial charge in [0.1, 0.15) is 17.6 Å². The highest BCUT2D eigenvalue weighted by Gasteiger charge is 2.31. The van der Waals surface area contributed by atoms with E-state index in [9.17, 15) is 13.2 Å². The summed E-state index contributed by atoms with van der Waals surface area (Å²) in [5.74, 6) is 0.680. The zero-order chi connectivity index (χ0) is 20.5. The van der Waals surface area contributed by atoms with E-state index in [1.807, 2.05) is 25.1 Å². The average molecular weight is 401 g/mol. The van der Waals surface area contributed by atoms with Crippen molar-refractivity contribution in [2.75, 3.05) is 14.2 Å². The number of rotatable bonds is 5. The molecule has 1 amide bonds. The van der Waals surface area contributed by atoms with Crippen LogP contribution in [0.4, 0.5) is 0 Å². The summed E-state index contributed by atoms with van der Waals surface area (Å²) in [5, 5.41) is 0. The first kappa shape index (κ1) is 19.9. The molecule has 3 rings (SSSR count). The molecule has 0 unspecified atom stereocenters. The fourth-order valence-corrected chi connectivity index (χ4v) is 4.40. The first-order valence-corrected chi connectivity index (χ1v) is 10.3. The van der Waals surface area contributed by atoms with E-state index in [1.54, 1.807) is 44.2 Å². The molecule has 1 aliphatic heterocycles. The number of ether oxygens (including phenoxy) is 1. The number of fused-ring (bicyclic) bond motifs is 1. The Labute approximate surface area is 165 Å². The monoisotopic (exact) mass is 401 g/mol. The molecule has 148 valence electrons. The third kappa shape index (κ3) is 3.87. The van der Waals surface area contributed by atoms with E-state index in [1.165, 1.54) is 6.07 Å². The van der Waals surface area contributed by atoms with Crippen LogP contribution in [0, 0.1) is 6.92 Å². The van der Waals surface area contributed by atoms with Gasteiger partial charge in [-0.2, -0.15) is 0 Å². The summed E-state index contributed by atoms with van der Waals surface area (Å²) in [6.07, 6.45) is 0. The van der Waals surface area contributed by atoms with E-state index in [-0.39, 0.29) is 16.6 Å². The van der Waals surface area contributed by atoms with Crippen LogP contribution >= 0.6 is 0 Å². The van der Waals surface area contributed by atoms with Gasteiger partial charge in [-0.25, -0.2) is 8.42 Å². The summed E-state index contributed by atoms with van der Waals surface area (Å²) in [4.78, 5) is 18.9. The Kier molecular flexibility index (Phi) is 5.42. The molecular formula is C20H23N3O4S. The lowest BCUT2D eigenvalue weighted by Gasteiger charge is -2.21. The van der Waals surface area contributed by atoms with Gasteiger partial charge in [0, 0.05) is 24.7 Å². The van der Waals surface area contributed by atoms with Gasteiger partial charge in [0.25, 0.3) is 10.0 Å². The Morgan fingerprint density at radius 1 is 1.25 bits per heavy atom. The summed E-state index contributed by atoms with van der Waals surface area (Å²) in [6.45, 7) is 3.98. The van der Waals surface area contributed by atoms with E-state index in [4.69, 9.17) is 4.74 Å². The number of nitrogens with zero attached hydrogens (tertiary/aromatic N) is 2. The molecule has 0 saturated heterocycles. The van der Waals surface area contributed by atoms with E-state index in [0.717, 1.165) is 11.1 Å². The van der Waals surface area contributed by atoms with Gasteiger partial charge in [0.2, 0.25) is 5.91 Å². The number of hydrogen-bond acceptors (Lipinski definition) is 5. The van der Waals surface area contributed by atoms with Crippen LogP contribution in [0.25, 0.3) is 0 Å². The minimum absolute atomic E-state index is 0.172. The number of likely N-dealkylation sites (N-methyl/N-ethyl adjacent to an activating group) is 1. The second-order valence-electron chi connectivity index (χ2n) is 6.76. The van der Waals surface area contributed by atoms with Crippen LogP contribution in [0.1, 0.15) is 23.6 Å². The number of aliphatic imine (C=N–C) groups is 1. The number of sulfonamides is 1. The summed E-state index contributed by atoms with van der Waals surface area (Å²) in [6, 6.07) is 11.6. The van der Waals surface area contributed by atoms with Crippen molar-refractivity contribution in [3.8, 4) is 5.75 Å². The number of aryl methyl sites for hydroxylation is 1. The number of benzene rings is 2. The zero-order valence-electron chi connectivity index (χ0n) is 16.3. The quantitative estimate of drug-likeness (QED) is 0.831. The Hall–Kier alpha value is -2.87. The summed E-state index contributed by atoms with van der Waals surface area (Å²) < 4.78 is 32.2. The van der Waals surface area contributed by atoms with Crippen molar-refractivity contribution in [1.29, 1.82) is 0 Å². The molecule has 8 heteroatoms. The van der Waals surface area contributed by atoms with Crippen LogP contribution in [0.3, 0.4) is 0 Å². The number of methoxy groups -OCH3 is 1. The molecule has 0 saturated carbocycles. The van der Waals surface area contributed by atoms with Gasteiger partial charge in [-0.15, -0.1) is 0 Å². The Balaban J connectivity index is 1.80. The van der Waals surface area contributed by atoms with Crippen LogP contribution in [-0.4, -0.2) is 45.3 Å². The van der Waals surface area contributed by atoms with Gasteiger partial charge in [0.05, 0.1) is 12.0 Å². The van der Waals surface area contributed by atoms with E-state index < -0.39 is 16.1 Å². The summed E-state index contributed by atoms with van der Waals surface area (Å²) in [7, 11) is -0.351. The highest BCUT2D eigenvalue weighted by molar-refractivity contribution is 7.90. The standard InChI is InChI=1S/C20H23N3O4S/c1-13-9-10-17(27-4)15(11-13)12-23(3)20(24)14(2)21-19-16-7-5-6-8-18(16)28(25,26)22-19/h5-11,14H,12H2,1-4H3,(H,21,22)/t14-/m0/s1. The van der Waals surface area contributed by atoms with Gasteiger partial charge in [-0.1, -0.05) is 29.8 Å². The lowest BCUT2D eigenvalue weighted by Crippen LogP contribution is -2.35. The van der Waals surface area contributed by atoms with Crippen LogP contribution in [-0.2, 0) is 21.4 Å². The van der Waals surface area contributed by atoms with Crippen molar-refractivity contribution in [1.82, 2.24) is 9.62 Å². The normalized spacial score (nSPS) is 16.9. The first-order valence-electron chi connectivity index (χ1n) is 8.81. The second-order valence-corrected chi connectivity index (χ2v) is 8.42. The number of carbonyl (C=O) groups excluding carboxylic acids is 1. The maximum Gasteiger partial charge on any atom is 0.263 e. The molecule has 0 aromatic heterocycles. The SMILES string of the molecule is COc1ccc(C)cc1CN(C)C(=O)[C@H](C)N=C1NS(=O)(=O)c2ccccc21. The maximum absolute atomic E-state index is 12.8. The number of amidine groups is 1. The molecule has 2 aromatic rings. The third-order valence-electron chi connectivity index (χ3n) is 4.56. The molecule has 2 aromatic carbocycles. The molecule has 0 spiro atoms. The molecule has 1 atom stereocenters. The predicted molar refractivity (Wildman–Crippen MR) is 107 cm³/mol. The molecule has 0 bridgehead atoms. The van der Waals surface area contributed by atoms with Crippen molar-refractivity contribution < 1.29 is 17.9 Å². The van der Waals surface area contributed by atoms with Crippen molar-refractivity contribution in [2.24, 2.45) is 4.99 Å². The van der Waals surface area contributed by atoms with E-state index >= 15 is 0 Å². The van der Waals surface area contributed by atoms with Gasteiger partial charge >= 0.3 is 0 Å². The Morgan fingerprint density at radius 2 is 1.96 bits per heavy atom. The maximum atomic E-state index is 12.8. The van der Waals surface area contributed by atoms with Crippen molar-refractivity contribution >= 4 is 21.8 Å². The minimum atomic E-state index is -3.63. The fraction of sp³-hybridized carbons (Fsp3) is 0.300. The number of carbonyl (C=O) groups is 1. The molecule has 1 heterocycles. The average Bonchev–Trinajstić information content (AvgIpc) is 2.91. The first-order chi connectivity index (χ1) is 13.2. The largest absolute Gasteiger partial charge is 0.496 e. The topological polar surface area (TPSA) is 88.1 Å². The van der Waals surface area contributed by atoms with Gasteiger partial charge in [0.15, 0.2) is 0 Å². The summed E-state index contributed by atoms with van der Waals surface area (Å²) >= 11 is 0. The lowest BCUT2D eigenvalue weighted by molar-refractivity contribution is -0.131. The van der Waals surface area contributed by atoms with Crippen molar-refractivity contribution in [2.45, 2.75) is 31.3 Å². The molecule has 0 fully saturated rings.